The lowest BCUT2D eigenvalue weighted by atomic mass is 10.1. The largest absolute Gasteiger partial charge is 0.368 e. The minimum absolute atomic E-state index is 0.271. The van der Waals surface area contributed by atoms with Gasteiger partial charge in [-0.2, -0.15) is 4.98 Å². The summed E-state index contributed by atoms with van der Waals surface area (Å²) in [6.45, 7) is 4.13. The maximum Gasteiger partial charge on any atom is 0.221 e. The molecule has 0 spiro atoms. The van der Waals surface area contributed by atoms with Gasteiger partial charge in [0.1, 0.15) is 5.82 Å². The number of nitrogens with one attached hydrogen (secondary N) is 2. The third-order valence-corrected chi connectivity index (χ3v) is 2.74. The highest BCUT2D eigenvalue weighted by atomic mass is 15.1. The fourth-order valence-electron chi connectivity index (χ4n) is 1.76. The average Bonchev–Trinajstić information content (AvgIpc) is 2.41. The van der Waals surface area contributed by atoms with Crippen LogP contribution in [0, 0.1) is 0 Å². The summed E-state index contributed by atoms with van der Waals surface area (Å²) < 4.78 is 0. The van der Waals surface area contributed by atoms with Gasteiger partial charge in [-0.3, -0.25) is 0 Å². The number of benzene rings is 1. The van der Waals surface area contributed by atoms with Gasteiger partial charge in [0, 0.05) is 11.9 Å². The van der Waals surface area contributed by atoms with E-state index in [0.717, 1.165) is 25.2 Å². The average molecular weight is 257 g/mol. The standard InChI is InChI=1S/C14H19N5/c1-2-16-9-7-11-3-5-12(6-4-11)18-13-8-10-17-14(15)19-13/h3-6,8,10,16H,2,7,9H2,1H3,(H3,15,17,18,19). The summed E-state index contributed by atoms with van der Waals surface area (Å²) in [6, 6.07) is 10.1. The highest BCUT2D eigenvalue weighted by Crippen LogP contribution is 2.15. The molecule has 0 saturated carbocycles. The second-order valence-corrected chi connectivity index (χ2v) is 4.23. The van der Waals surface area contributed by atoms with Crippen LogP contribution in [0.25, 0.3) is 0 Å². The van der Waals surface area contributed by atoms with Crippen LogP contribution < -0.4 is 16.4 Å². The molecule has 2 aromatic rings. The van der Waals surface area contributed by atoms with E-state index in [1.165, 1.54) is 5.56 Å². The molecule has 1 heterocycles. The molecule has 19 heavy (non-hydrogen) atoms. The number of rotatable bonds is 6. The Hall–Kier alpha value is -2.14. The molecule has 5 heteroatoms. The van der Waals surface area contributed by atoms with Crippen LogP contribution in [0.1, 0.15) is 12.5 Å². The van der Waals surface area contributed by atoms with Gasteiger partial charge in [0.2, 0.25) is 5.95 Å². The number of nitrogens with zero attached hydrogens (tertiary/aromatic N) is 2. The summed E-state index contributed by atoms with van der Waals surface area (Å²) in [5.74, 6) is 0.972. The van der Waals surface area contributed by atoms with Crippen molar-refractivity contribution >= 4 is 17.5 Å². The molecule has 0 bridgehead atoms. The quantitative estimate of drug-likeness (QED) is 0.690. The van der Waals surface area contributed by atoms with Crippen molar-refractivity contribution in [1.29, 1.82) is 0 Å². The molecule has 0 atom stereocenters. The summed E-state index contributed by atoms with van der Waals surface area (Å²) in [6.07, 6.45) is 2.67. The smallest absolute Gasteiger partial charge is 0.221 e. The van der Waals surface area contributed by atoms with Crippen LogP contribution in [0.5, 0.6) is 0 Å². The van der Waals surface area contributed by atoms with Gasteiger partial charge in [0.05, 0.1) is 0 Å². The molecule has 2 rings (SSSR count). The van der Waals surface area contributed by atoms with E-state index in [1.807, 2.05) is 12.1 Å². The van der Waals surface area contributed by atoms with E-state index in [1.54, 1.807) is 12.3 Å². The van der Waals surface area contributed by atoms with Gasteiger partial charge in [0.15, 0.2) is 0 Å². The summed E-state index contributed by atoms with van der Waals surface area (Å²) in [5.41, 5.74) is 7.84. The molecule has 100 valence electrons. The third kappa shape index (κ3) is 4.22. The van der Waals surface area contributed by atoms with Gasteiger partial charge in [-0.1, -0.05) is 19.1 Å². The van der Waals surface area contributed by atoms with E-state index in [9.17, 15) is 0 Å². The summed E-state index contributed by atoms with van der Waals surface area (Å²) in [7, 11) is 0. The molecule has 0 aliphatic heterocycles. The Morgan fingerprint density at radius 1 is 1.16 bits per heavy atom. The SMILES string of the molecule is CCNCCc1ccc(Nc2ccnc(N)n2)cc1. The van der Waals surface area contributed by atoms with Crippen molar-refractivity contribution in [2.45, 2.75) is 13.3 Å². The van der Waals surface area contributed by atoms with Crippen LogP contribution in [0.2, 0.25) is 0 Å². The summed E-state index contributed by atoms with van der Waals surface area (Å²) in [5, 5.41) is 6.50. The topological polar surface area (TPSA) is 75.9 Å². The third-order valence-electron chi connectivity index (χ3n) is 2.74. The zero-order chi connectivity index (χ0) is 13.5. The second-order valence-electron chi connectivity index (χ2n) is 4.23. The first-order chi connectivity index (χ1) is 9.28. The zero-order valence-electron chi connectivity index (χ0n) is 11.1. The van der Waals surface area contributed by atoms with Crippen LogP contribution in [-0.4, -0.2) is 23.1 Å². The van der Waals surface area contributed by atoms with Crippen LogP contribution in [0.4, 0.5) is 17.5 Å². The first-order valence-corrected chi connectivity index (χ1v) is 6.43. The normalized spacial score (nSPS) is 10.4. The van der Waals surface area contributed by atoms with Crippen molar-refractivity contribution in [3.63, 3.8) is 0 Å². The van der Waals surface area contributed by atoms with Gasteiger partial charge >= 0.3 is 0 Å². The van der Waals surface area contributed by atoms with Crippen molar-refractivity contribution in [1.82, 2.24) is 15.3 Å². The number of nitrogen functional groups attached to an aromatic ring is 1. The molecule has 0 amide bonds. The number of aromatic nitrogens is 2. The molecular formula is C14H19N5. The Balaban J connectivity index is 1.95. The Kier molecular flexibility index (Phi) is 4.69. The van der Waals surface area contributed by atoms with E-state index in [2.05, 4.69) is 39.7 Å². The van der Waals surface area contributed by atoms with Crippen molar-refractivity contribution in [2.24, 2.45) is 0 Å². The number of hydrogen-bond acceptors (Lipinski definition) is 5. The van der Waals surface area contributed by atoms with Crippen LogP contribution in [-0.2, 0) is 6.42 Å². The monoisotopic (exact) mass is 257 g/mol. The molecule has 0 aliphatic carbocycles. The van der Waals surface area contributed by atoms with E-state index in [-0.39, 0.29) is 5.95 Å². The molecule has 4 N–H and O–H groups in total. The number of anilines is 3. The van der Waals surface area contributed by atoms with Gasteiger partial charge < -0.3 is 16.4 Å². The van der Waals surface area contributed by atoms with E-state index < -0.39 is 0 Å². The van der Waals surface area contributed by atoms with E-state index >= 15 is 0 Å². The van der Waals surface area contributed by atoms with Crippen LogP contribution in [0.3, 0.4) is 0 Å². The molecule has 5 nitrogen and oxygen atoms in total. The lowest BCUT2D eigenvalue weighted by molar-refractivity contribution is 0.716. The van der Waals surface area contributed by atoms with Crippen molar-refractivity contribution < 1.29 is 0 Å². The molecule has 1 aromatic heterocycles. The molecule has 0 radical (unpaired) electrons. The second kappa shape index (κ2) is 6.70. The molecule has 0 fully saturated rings. The molecule has 0 saturated heterocycles. The van der Waals surface area contributed by atoms with Gasteiger partial charge in [-0.05, 0) is 43.3 Å². The fraction of sp³-hybridized carbons (Fsp3) is 0.286. The number of hydrogen-bond donors (Lipinski definition) is 3. The Bertz CT molecular complexity index is 509. The molecular weight excluding hydrogens is 238 g/mol. The molecule has 1 aromatic carbocycles. The summed E-state index contributed by atoms with van der Waals surface area (Å²) in [4.78, 5) is 7.95. The van der Waals surface area contributed by atoms with Crippen LogP contribution in [0.15, 0.2) is 36.5 Å². The minimum Gasteiger partial charge on any atom is -0.368 e. The number of nitrogens with two attached hydrogens (primary N) is 1. The van der Waals surface area contributed by atoms with Crippen LogP contribution >= 0.6 is 0 Å². The Morgan fingerprint density at radius 2 is 1.95 bits per heavy atom. The van der Waals surface area contributed by atoms with Gasteiger partial charge in [0.25, 0.3) is 0 Å². The first kappa shape index (κ1) is 13.3. The predicted octanol–water partition coefficient (Wildman–Crippen LogP) is 1.95. The molecule has 0 unspecified atom stereocenters. The highest BCUT2D eigenvalue weighted by Gasteiger charge is 1.98. The lowest BCUT2D eigenvalue weighted by Gasteiger charge is -2.07. The van der Waals surface area contributed by atoms with E-state index in [0.29, 0.717) is 5.82 Å². The fourth-order valence-corrected chi connectivity index (χ4v) is 1.76. The maximum atomic E-state index is 5.54. The lowest BCUT2D eigenvalue weighted by Crippen LogP contribution is -2.15. The highest BCUT2D eigenvalue weighted by molar-refractivity contribution is 5.56. The van der Waals surface area contributed by atoms with Gasteiger partial charge in [-0.15, -0.1) is 0 Å². The maximum absolute atomic E-state index is 5.54. The Morgan fingerprint density at radius 3 is 2.63 bits per heavy atom. The molecule has 0 aliphatic rings. The van der Waals surface area contributed by atoms with Crippen molar-refractivity contribution in [3.8, 4) is 0 Å². The first-order valence-electron chi connectivity index (χ1n) is 6.43. The minimum atomic E-state index is 0.271. The van der Waals surface area contributed by atoms with Crippen molar-refractivity contribution in [3.05, 3.63) is 42.1 Å². The van der Waals surface area contributed by atoms with Crippen molar-refractivity contribution in [2.75, 3.05) is 24.1 Å². The predicted molar refractivity (Wildman–Crippen MR) is 78.4 cm³/mol. The zero-order valence-corrected chi connectivity index (χ0v) is 11.1. The van der Waals surface area contributed by atoms with Gasteiger partial charge in [-0.25, -0.2) is 4.98 Å². The summed E-state index contributed by atoms with van der Waals surface area (Å²) >= 11 is 0. The number of likely N-dealkylation sites (N-methyl/N-ethyl adjacent to an activating group) is 1. The Labute approximate surface area is 113 Å². The van der Waals surface area contributed by atoms with E-state index in [4.69, 9.17) is 5.73 Å².